The molecule has 0 saturated heterocycles. The topological polar surface area (TPSA) is 142 Å². The molecule has 2 heterocycles. The van der Waals surface area contributed by atoms with Crippen LogP contribution in [0.5, 0.6) is 5.75 Å². The molecule has 3 aromatic rings. The number of nitrogens with one attached hydrogen (secondary N) is 4. The number of hydrogen-bond donors (Lipinski definition) is 5. The molecule has 0 saturated carbocycles. The van der Waals surface area contributed by atoms with Gasteiger partial charge in [0.1, 0.15) is 23.5 Å². The van der Waals surface area contributed by atoms with Crippen LogP contribution in [0.4, 0.5) is 17.2 Å². The van der Waals surface area contributed by atoms with E-state index >= 15 is 0 Å². The van der Waals surface area contributed by atoms with Crippen molar-refractivity contribution < 1.29 is 9.53 Å². The van der Waals surface area contributed by atoms with Gasteiger partial charge in [-0.25, -0.2) is 9.97 Å². The number of amides is 1. The molecule has 31 heavy (non-hydrogen) atoms. The summed E-state index contributed by atoms with van der Waals surface area (Å²) in [6.45, 7) is 3.94. The van der Waals surface area contributed by atoms with Gasteiger partial charge in [-0.15, -0.1) is 0 Å². The molecule has 2 aromatic heterocycles. The highest BCUT2D eigenvalue weighted by Crippen LogP contribution is 2.37. The number of benzene rings is 1. The summed E-state index contributed by atoms with van der Waals surface area (Å²) >= 11 is 0. The number of carbonyl (C=O) groups is 1. The number of nitrogens with two attached hydrogens (primary N) is 1. The van der Waals surface area contributed by atoms with Gasteiger partial charge < -0.3 is 31.5 Å². The van der Waals surface area contributed by atoms with Crippen LogP contribution in [0, 0.1) is 11.3 Å². The van der Waals surface area contributed by atoms with Crippen molar-refractivity contribution in [2.75, 3.05) is 18.2 Å². The van der Waals surface area contributed by atoms with E-state index in [1.165, 1.54) is 12.5 Å². The Morgan fingerprint density at radius 3 is 2.90 bits per heavy atom. The third-order valence-electron chi connectivity index (χ3n) is 5.59. The molecule has 162 valence electrons. The van der Waals surface area contributed by atoms with Crippen LogP contribution < -0.4 is 21.1 Å². The zero-order chi connectivity index (χ0) is 22.1. The van der Waals surface area contributed by atoms with Crippen molar-refractivity contribution in [2.45, 2.75) is 39.2 Å². The maximum absolute atomic E-state index is 12.6. The van der Waals surface area contributed by atoms with Gasteiger partial charge in [0.05, 0.1) is 18.2 Å². The van der Waals surface area contributed by atoms with E-state index < -0.39 is 0 Å². The summed E-state index contributed by atoms with van der Waals surface area (Å²) < 4.78 is 5.47. The number of H-pyrrole nitrogens is 1. The number of carbonyl (C=O) groups excluding carboxylic acids is 1. The second-order valence-corrected chi connectivity index (χ2v) is 8.08. The molecular formula is C22H27N7O2. The number of aromatic amines is 1. The van der Waals surface area contributed by atoms with Gasteiger partial charge in [-0.1, -0.05) is 0 Å². The molecule has 6 N–H and O–H groups in total. The first-order valence-electron chi connectivity index (χ1n) is 10.3. The maximum Gasteiger partial charge on any atom is 0.223 e. The van der Waals surface area contributed by atoms with Crippen molar-refractivity contribution in [3.8, 4) is 5.75 Å². The summed E-state index contributed by atoms with van der Waals surface area (Å²) in [4.78, 5) is 24.9. The molecule has 1 aromatic carbocycles. The minimum Gasteiger partial charge on any atom is -0.494 e. The lowest BCUT2D eigenvalue weighted by atomic mass is 9.86. The van der Waals surface area contributed by atoms with Crippen molar-refractivity contribution in [3.63, 3.8) is 0 Å². The van der Waals surface area contributed by atoms with Gasteiger partial charge >= 0.3 is 0 Å². The highest BCUT2D eigenvalue weighted by Gasteiger charge is 2.29. The highest BCUT2D eigenvalue weighted by atomic mass is 16.5. The van der Waals surface area contributed by atoms with E-state index in [1.807, 2.05) is 13.8 Å². The van der Waals surface area contributed by atoms with Crippen LogP contribution in [-0.2, 0) is 17.6 Å². The first-order valence-corrected chi connectivity index (χ1v) is 10.3. The number of fused-ring (bicyclic) bond motifs is 3. The molecule has 1 aliphatic rings. The van der Waals surface area contributed by atoms with E-state index in [9.17, 15) is 4.79 Å². The van der Waals surface area contributed by atoms with E-state index in [-0.39, 0.29) is 17.9 Å². The number of nitrogens with zero attached hydrogens (tertiary/aromatic N) is 2. The molecule has 9 heteroatoms. The zero-order valence-corrected chi connectivity index (χ0v) is 17.9. The molecule has 1 amide bonds. The first kappa shape index (κ1) is 20.6. The van der Waals surface area contributed by atoms with Gasteiger partial charge in [0.25, 0.3) is 0 Å². The van der Waals surface area contributed by atoms with Crippen molar-refractivity contribution in [3.05, 3.63) is 35.3 Å². The Bertz CT molecular complexity index is 1150. The molecule has 0 aliphatic heterocycles. The molecule has 9 nitrogen and oxygen atoms in total. The second kappa shape index (κ2) is 8.25. The predicted octanol–water partition coefficient (Wildman–Crippen LogP) is 2.92. The number of rotatable bonds is 6. The van der Waals surface area contributed by atoms with Gasteiger partial charge in [0, 0.05) is 41.2 Å². The molecule has 0 fully saturated rings. The minimum atomic E-state index is -0.0856. The number of ether oxygens (including phenoxy) is 1. The summed E-state index contributed by atoms with van der Waals surface area (Å²) in [7, 11) is 1.57. The Balaban J connectivity index is 1.74. The summed E-state index contributed by atoms with van der Waals surface area (Å²) in [5, 5.41) is 14.8. The van der Waals surface area contributed by atoms with Gasteiger partial charge in [-0.3, -0.25) is 4.79 Å². The average molecular weight is 422 g/mol. The lowest BCUT2D eigenvalue weighted by Crippen LogP contribution is -2.37. The molecule has 0 spiro atoms. The number of aryl methyl sites for hydroxylation is 1. The van der Waals surface area contributed by atoms with Crippen molar-refractivity contribution in [2.24, 2.45) is 5.92 Å². The van der Waals surface area contributed by atoms with Crippen LogP contribution in [-0.4, -0.2) is 40.2 Å². The fourth-order valence-electron chi connectivity index (χ4n) is 4.09. The van der Waals surface area contributed by atoms with Crippen LogP contribution >= 0.6 is 0 Å². The Hall–Kier alpha value is -3.62. The van der Waals surface area contributed by atoms with Gasteiger partial charge in [0.2, 0.25) is 5.91 Å². The van der Waals surface area contributed by atoms with E-state index in [0.717, 1.165) is 35.1 Å². The summed E-state index contributed by atoms with van der Waals surface area (Å²) in [5.41, 5.74) is 10.6. The zero-order valence-electron chi connectivity index (χ0n) is 17.9. The fourth-order valence-corrected chi connectivity index (χ4v) is 4.09. The standard InChI is InChI=1S/C22H27N7O2/c1-11(2)27-22(30)12-4-5-16-14(6-12)19-20(28-16)25-10-26-21(19)29-17-7-13(9-23)15(24)8-18(17)31-3/h7-12,23H,4-6,24H2,1-3H3,(H,27,30)(H2,25,26,28,29). The van der Waals surface area contributed by atoms with Crippen LogP contribution in [0.3, 0.4) is 0 Å². The van der Waals surface area contributed by atoms with Crippen LogP contribution in [0.25, 0.3) is 11.0 Å². The van der Waals surface area contributed by atoms with E-state index in [1.54, 1.807) is 19.2 Å². The lowest BCUT2D eigenvalue weighted by Gasteiger charge is -2.23. The summed E-state index contributed by atoms with van der Waals surface area (Å²) in [5.74, 6) is 1.16. The Morgan fingerprint density at radius 2 is 2.19 bits per heavy atom. The van der Waals surface area contributed by atoms with Crippen molar-refractivity contribution >= 4 is 40.3 Å². The molecular weight excluding hydrogens is 394 g/mol. The van der Waals surface area contributed by atoms with Gasteiger partial charge in [-0.2, -0.15) is 0 Å². The number of methoxy groups -OCH3 is 1. The monoisotopic (exact) mass is 421 g/mol. The van der Waals surface area contributed by atoms with Crippen LogP contribution in [0.1, 0.15) is 37.1 Å². The van der Waals surface area contributed by atoms with E-state index in [0.29, 0.717) is 34.9 Å². The number of hydrogen-bond acceptors (Lipinski definition) is 7. The van der Waals surface area contributed by atoms with Gasteiger partial charge in [-0.05, 0) is 44.7 Å². The highest BCUT2D eigenvalue weighted by molar-refractivity contribution is 5.96. The molecule has 4 rings (SSSR count). The number of nitrogen functional groups attached to an aromatic ring is 1. The maximum atomic E-state index is 12.6. The molecule has 1 aliphatic carbocycles. The molecule has 1 atom stereocenters. The summed E-state index contributed by atoms with van der Waals surface area (Å²) in [6.07, 6.45) is 4.90. The fraction of sp³-hybridized carbons (Fsp3) is 0.364. The van der Waals surface area contributed by atoms with Crippen molar-refractivity contribution in [1.29, 1.82) is 5.41 Å². The lowest BCUT2D eigenvalue weighted by molar-refractivity contribution is -0.125. The Morgan fingerprint density at radius 1 is 1.39 bits per heavy atom. The largest absolute Gasteiger partial charge is 0.494 e. The third kappa shape index (κ3) is 3.90. The summed E-state index contributed by atoms with van der Waals surface area (Å²) in [6, 6.07) is 3.55. The predicted molar refractivity (Wildman–Crippen MR) is 121 cm³/mol. The SMILES string of the molecule is COc1cc(N)c(C=N)cc1Nc1ncnc2[nH]c3c(c12)CC(C(=O)NC(C)C)CC3. The van der Waals surface area contributed by atoms with E-state index in [2.05, 4.69) is 25.6 Å². The normalized spacial score (nSPS) is 15.5. The quantitative estimate of drug-likeness (QED) is 0.306. The molecule has 0 bridgehead atoms. The smallest absolute Gasteiger partial charge is 0.223 e. The van der Waals surface area contributed by atoms with Gasteiger partial charge in [0.15, 0.2) is 0 Å². The number of aromatic nitrogens is 3. The number of anilines is 3. The van der Waals surface area contributed by atoms with Crippen LogP contribution in [0.2, 0.25) is 0 Å². The molecule has 1 unspecified atom stereocenters. The third-order valence-corrected chi connectivity index (χ3v) is 5.59. The first-order chi connectivity index (χ1) is 14.9. The van der Waals surface area contributed by atoms with Crippen molar-refractivity contribution in [1.82, 2.24) is 20.3 Å². The average Bonchev–Trinajstić information content (AvgIpc) is 3.12. The van der Waals surface area contributed by atoms with Crippen LogP contribution in [0.15, 0.2) is 18.5 Å². The minimum absolute atomic E-state index is 0.0807. The molecule has 0 radical (unpaired) electrons. The van der Waals surface area contributed by atoms with E-state index in [4.69, 9.17) is 15.9 Å². The second-order valence-electron chi connectivity index (χ2n) is 8.08. The Labute approximate surface area is 180 Å². The Kier molecular flexibility index (Phi) is 5.50.